The van der Waals surface area contributed by atoms with Gasteiger partial charge in [0.25, 0.3) is 0 Å². The van der Waals surface area contributed by atoms with Gasteiger partial charge < -0.3 is 54.7 Å². The molecule has 1 saturated heterocycles. The van der Waals surface area contributed by atoms with Crippen LogP contribution in [0.2, 0.25) is 0 Å². The maximum Gasteiger partial charge on any atom is 0.344 e. The zero-order valence-electron chi connectivity index (χ0n) is 21.0. The maximum absolute atomic E-state index is 12.6. The molecule has 40 heavy (non-hydrogen) atoms. The first-order chi connectivity index (χ1) is 19.0. The standard InChI is InChI=1S/C27H30O13/c28-16-9-10-17(15(11-16)12-38-26(35)27(36)19(29)7-4-8-20(27)30)39-25-23(33)22(32)21(31)18(40-25)13-37-24(34)14-5-2-1-3-6-14/h1-7,9-11,18-23,25,28-33,36H,8,12-13H2/t18-,19?,20?,21-,22+,23-,25-,27?/m1/s1. The van der Waals surface area contributed by atoms with Gasteiger partial charge in [-0.3, -0.25) is 0 Å². The van der Waals surface area contributed by atoms with Gasteiger partial charge in [0.2, 0.25) is 11.9 Å². The van der Waals surface area contributed by atoms with Crippen LogP contribution in [0.1, 0.15) is 22.3 Å². The minimum Gasteiger partial charge on any atom is -0.508 e. The number of hydrogen-bond donors (Lipinski definition) is 7. The average Bonchev–Trinajstić information content (AvgIpc) is 2.95. The van der Waals surface area contributed by atoms with E-state index in [1.807, 2.05) is 0 Å². The normalized spacial score (nSPS) is 31.8. The number of ether oxygens (including phenoxy) is 4. The highest BCUT2D eigenvalue weighted by atomic mass is 16.7. The molecule has 0 spiro atoms. The quantitative estimate of drug-likeness (QED) is 0.150. The molecule has 4 rings (SSSR count). The van der Waals surface area contributed by atoms with E-state index in [0.29, 0.717) is 0 Å². The van der Waals surface area contributed by atoms with Gasteiger partial charge >= 0.3 is 11.9 Å². The Morgan fingerprint density at radius 1 is 0.950 bits per heavy atom. The third-order valence-electron chi connectivity index (χ3n) is 6.67. The molecular formula is C27H30O13. The molecule has 216 valence electrons. The molecule has 2 aromatic carbocycles. The number of carbonyl (C=O) groups excluding carboxylic acids is 2. The van der Waals surface area contributed by atoms with Crippen molar-refractivity contribution in [3.8, 4) is 11.5 Å². The lowest BCUT2D eigenvalue weighted by Crippen LogP contribution is -2.60. The lowest BCUT2D eigenvalue weighted by molar-refractivity contribution is -0.277. The second kappa shape index (κ2) is 12.3. The summed E-state index contributed by atoms with van der Waals surface area (Å²) in [6, 6.07) is 11.6. The summed E-state index contributed by atoms with van der Waals surface area (Å²) >= 11 is 0. The van der Waals surface area contributed by atoms with Gasteiger partial charge in [-0.2, -0.15) is 0 Å². The van der Waals surface area contributed by atoms with E-state index in [1.54, 1.807) is 18.2 Å². The third kappa shape index (κ3) is 6.10. The van der Waals surface area contributed by atoms with E-state index in [4.69, 9.17) is 18.9 Å². The Hall–Kier alpha value is -3.56. The van der Waals surface area contributed by atoms with Crippen molar-refractivity contribution >= 4 is 11.9 Å². The minimum absolute atomic E-state index is 0.0238. The fraction of sp³-hybridized carbons (Fsp3) is 0.407. The van der Waals surface area contributed by atoms with E-state index in [0.717, 1.165) is 12.1 Å². The fourth-order valence-electron chi connectivity index (χ4n) is 4.26. The van der Waals surface area contributed by atoms with Crippen LogP contribution >= 0.6 is 0 Å². The SMILES string of the molecule is O=C(OC[C@H]1O[C@@H](Oc2ccc(O)cc2COC(=O)C2(O)C(O)C=CCC2O)[C@H](O)[C@@H](O)[C@@H]1O)c1ccccc1. The number of rotatable bonds is 8. The summed E-state index contributed by atoms with van der Waals surface area (Å²) in [6.07, 6.45) is -8.98. The molecule has 3 unspecified atom stereocenters. The van der Waals surface area contributed by atoms with E-state index in [-0.39, 0.29) is 29.0 Å². The van der Waals surface area contributed by atoms with Crippen molar-refractivity contribution in [3.63, 3.8) is 0 Å². The second-order valence-electron chi connectivity index (χ2n) is 9.42. The molecule has 0 radical (unpaired) electrons. The van der Waals surface area contributed by atoms with Crippen LogP contribution in [0.15, 0.2) is 60.7 Å². The highest BCUT2D eigenvalue weighted by Crippen LogP contribution is 2.31. The number of aliphatic hydroxyl groups is 6. The van der Waals surface area contributed by atoms with E-state index >= 15 is 0 Å². The summed E-state index contributed by atoms with van der Waals surface area (Å²) in [5.41, 5.74) is -2.35. The molecular weight excluding hydrogens is 532 g/mol. The predicted molar refractivity (Wildman–Crippen MR) is 133 cm³/mol. The van der Waals surface area contributed by atoms with Crippen molar-refractivity contribution in [2.24, 2.45) is 0 Å². The maximum atomic E-state index is 12.6. The molecule has 1 aliphatic heterocycles. The van der Waals surface area contributed by atoms with Gasteiger partial charge in [-0.05, 0) is 36.8 Å². The number of phenolic OH excluding ortho intramolecular Hbond substituents is 1. The van der Waals surface area contributed by atoms with Gasteiger partial charge in [0.05, 0.1) is 5.56 Å². The Morgan fingerprint density at radius 3 is 2.38 bits per heavy atom. The molecule has 0 amide bonds. The van der Waals surface area contributed by atoms with E-state index in [9.17, 15) is 45.3 Å². The molecule has 13 nitrogen and oxygen atoms in total. The smallest absolute Gasteiger partial charge is 0.344 e. The molecule has 2 aromatic rings. The zero-order valence-corrected chi connectivity index (χ0v) is 21.0. The predicted octanol–water partition coefficient (Wildman–Crippen LogP) is -1.11. The first kappa shape index (κ1) is 29.4. The van der Waals surface area contributed by atoms with Gasteiger partial charge in [-0.15, -0.1) is 0 Å². The van der Waals surface area contributed by atoms with Crippen molar-refractivity contribution in [3.05, 3.63) is 71.8 Å². The van der Waals surface area contributed by atoms with Gasteiger partial charge in [-0.25, -0.2) is 9.59 Å². The largest absolute Gasteiger partial charge is 0.508 e. The van der Waals surface area contributed by atoms with Crippen LogP contribution < -0.4 is 4.74 Å². The first-order valence-electron chi connectivity index (χ1n) is 12.3. The molecule has 0 saturated carbocycles. The van der Waals surface area contributed by atoms with Gasteiger partial charge in [0, 0.05) is 5.56 Å². The summed E-state index contributed by atoms with van der Waals surface area (Å²) in [7, 11) is 0. The zero-order chi connectivity index (χ0) is 29.0. The van der Waals surface area contributed by atoms with Crippen LogP contribution in [0.5, 0.6) is 11.5 Å². The molecule has 0 bridgehead atoms. The highest BCUT2D eigenvalue weighted by molar-refractivity contribution is 5.89. The number of phenols is 1. The molecule has 0 aromatic heterocycles. The monoisotopic (exact) mass is 562 g/mol. The fourth-order valence-corrected chi connectivity index (χ4v) is 4.26. The van der Waals surface area contributed by atoms with Crippen LogP contribution in [0, 0.1) is 0 Å². The van der Waals surface area contributed by atoms with Crippen molar-refractivity contribution < 1.29 is 64.3 Å². The molecule has 1 aliphatic carbocycles. The van der Waals surface area contributed by atoms with Crippen LogP contribution in [-0.2, 0) is 25.6 Å². The number of aromatic hydroxyl groups is 1. The highest BCUT2D eigenvalue weighted by Gasteiger charge is 2.51. The lowest BCUT2D eigenvalue weighted by atomic mass is 9.84. The van der Waals surface area contributed by atoms with Crippen LogP contribution in [0.25, 0.3) is 0 Å². The molecule has 7 N–H and O–H groups in total. The summed E-state index contributed by atoms with van der Waals surface area (Å²) < 4.78 is 21.5. The first-order valence-corrected chi connectivity index (χ1v) is 12.3. The number of esters is 2. The van der Waals surface area contributed by atoms with Crippen molar-refractivity contribution in [1.29, 1.82) is 0 Å². The van der Waals surface area contributed by atoms with Gasteiger partial charge in [0.15, 0.2) is 0 Å². The van der Waals surface area contributed by atoms with Crippen LogP contribution in [-0.4, -0.2) is 103 Å². The Morgan fingerprint density at radius 2 is 1.68 bits per heavy atom. The van der Waals surface area contributed by atoms with Gasteiger partial charge in [0.1, 0.15) is 61.3 Å². The van der Waals surface area contributed by atoms with E-state index in [2.05, 4.69) is 0 Å². The minimum atomic E-state index is -2.63. The average molecular weight is 563 g/mol. The molecule has 2 aliphatic rings. The van der Waals surface area contributed by atoms with Gasteiger partial charge in [-0.1, -0.05) is 30.4 Å². The second-order valence-corrected chi connectivity index (χ2v) is 9.42. The number of aliphatic hydroxyl groups excluding tert-OH is 5. The molecule has 1 fully saturated rings. The van der Waals surface area contributed by atoms with Crippen LogP contribution in [0.4, 0.5) is 0 Å². The Bertz CT molecular complexity index is 1220. The summed E-state index contributed by atoms with van der Waals surface area (Å²) in [5.74, 6) is -2.39. The summed E-state index contributed by atoms with van der Waals surface area (Å²) in [5, 5.41) is 71.8. The Kier molecular flexibility index (Phi) is 9.05. The van der Waals surface area contributed by atoms with Crippen molar-refractivity contribution in [1.82, 2.24) is 0 Å². The molecule has 1 heterocycles. The number of carbonyl (C=O) groups is 2. The Balaban J connectivity index is 1.45. The summed E-state index contributed by atoms with van der Waals surface area (Å²) in [6.45, 7) is -1.10. The number of benzene rings is 2. The topological polar surface area (TPSA) is 213 Å². The third-order valence-corrected chi connectivity index (χ3v) is 6.67. The van der Waals surface area contributed by atoms with E-state index in [1.165, 1.54) is 30.3 Å². The molecule has 8 atom stereocenters. The van der Waals surface area contributed by atoms with E-state index < -0.39 is 73.7 Å². The summed E-state index contributed by atoms with van der Waals surface area (Å²) in [4.78, 5) is 24.9. The Labute approximate surface area is 228 Å². The van der Waals surface area contributed by atoms with Crippen LogP contribution in [0.3, 0.4) is 0 Å². The number of hydrogen-bond acceptors (Lipinski definition) is 13. The lowest BCUT2D eigenvalue weighted by Gasteiger charge is -2.40. The van der Waals surface area contributed by atoms with Crippen molar-refractivity contribution in [2.45, 2.75) is 61.5 Å². The van der Waals surface area contributed by atoms with Crippen molar-refractivity contribution in [2.75, 3.05) is 6.61 Å². The molecule has 13 heteroatoms.